The third kappa shape index (κ3) is 3.25. The first-order valence-corrected chi connectivity index (χ1v) is 9.56. The van der Waals surface area contributed by atoms with Crippen molar-refractivity contribution in [3.05, 3.63) is 29.3 Å². The molecule has 24 heavy (non-hydrogen) atoms. The smallest absolute Gasteiger partial charge is 0.410 e. The Bertz CT molecular complexity index is 759. The van der Waals surface area contributed by atoms with E-state index in [4.69, 9.17) is 16.3 Å². The van der Waals surface area contributed by atoms with Gasteiger partial charge in [0.2, 0.25) is 10.0 Å². The molecule has 1 spiro atoms. The highest BCUT2D eigenvalue weighted by Crippen LogP contribution is 2.42. The summed E-state index contributed by atoms with van der Waals surface area (Å²) in [6.07, 6.45) is -0.343. The Morgan fingerprint density at radius 2 is 1.83 bits per heavy atom. The number of halogens is 1. The Morgan fingerprint density at radius 3 is 2.38 bits per heavy atom. The first-order chi connectivity index (χ1) is 11.0. The van der Waals surface area contributed by atoms with Crippen LogP contribution >= 0.6 is 11.6 Å². The van der Waals surface area contributed by atoms with Crippen molar-refractivity contribution >= 4 is 27.7 Å². The molecule has 132 valence electrons. The van der Waals surface area contributed by atoms with Crippen LogP contribution in [-0.4, -0.2) is 55.5 Å². The van der Waals surface area contributed by atoms with Crippen molar-refractivity contribution in [1.82, 2.24) is 9.21 Å². The SMILES string of the molecule is CC(C)(C)OC(=O)N1CC2(C1)CN(S(=O)(=O)c1cccc(Cl)c1)C2. The number of ether oxygens (including phenoxy) is 1. The second-order valence-electron chi connectivity index (χ2n) is 7.57. The van der Waals surface area contributed by atoms with Crippen LogP contribution in [0.5, 0.6) is 0 Å². The molecule has 6 nitrogen and oxygen atoms in total. The summed E-state index contributed by atoms with van der Waals surface area (Å²) in [5, 5.41) is 0.394. The first-order valence-electron chi connectivity index (χ1n) is 7.75. The van der Waals surface area contributed by atoms with Crippen molar-refractivity contribution in [2.75, 3.05) is 26.2 Å². The molecule has 1 aromatic carbocycles. The number of likely N-dealkylation sites (tertiary alicyclic amines) is 1. The fourth-order valence-corrected chi connectivity index (χ4v) is 5.03. The summed E-state index contributed by atoms with van der Waals surface area (Å²) in [6, 6.07) is 6.26. The van der Waals surface area contributed by atoms with Gasteiger partial charge in [-0.2, -0.15) is 4.31 Å². The van der Waals surface area contributed by atoms with Gasteiger partial charge in [-0.05, 0) is 39.0 Å². The molecule has 0 radical (unpaired) electrons. The van der Waals surface area contributed by atoms with Gasteiger partial charge in [-0.15, -0.1) is 0 Å². The van der Waals surface area contributed by atoms with Gasteiger partial charge in [-0.25, -0.2) is 13.2 Å². The molecule has 0 N–H and O–H groups in total. The van der Waals surface area contributed by atoms with Crippen molar-refractivity contribution in [2.24, 2.45) is 5.41 Å². The van der Waals surface area contributed by atoms with Crippen molar-refractivity contribution in [1.29, 1.82) is 0 Å². The predicted octanol–water partition coefficient (Wildman–Crippen LogP) is 2.58. The van der Waals surface area contributed by atoms with Crippen molar-refractivity contribution in [3.63, 3.8) is 0 Å². The van der Waals surface area contributed by atoms with Gasteiger partial charge in [0.15, 0.2) is 0 Å². The lowest BCUT2D eigenvalue weighted by molar-refractivity contribution is -0.0839. The Labute approximate surface area is 147 Å². The zero-order valence-corrected chi connectivity index (χ0v) is 15.5. The quantitative estimate of drug-likeness (QED) is 0.800. The van der Waals surface area contributed by atoms with E-state index in [9.17, 15) is 13.2 Å². The minimum Gasteiger partial charge on any atom is -0.444 e. The van der Waals surface area contributed by atoms with Gasteiger partial charge in [0.25, 0.3) is 0 Å². The van der Waals surface area contributed by atoms with Gasteiger partial charge in [-0.3, -0.25) is 0 Å². The van der Waals surface area contributed by atoms with Crippen LogP contribution in [0.25, 0.3) is 0 Å². The van der Waals surface area contributed by atoms with Gasteiger partial charge in [0.1, 0.15) is 5.60 Å². The van der Waals surface area contributed by atoms with Gasteiger partial charge >= 0.3 is 6.09 Å². The van der Waals surface area contributed by atoms with Crippen molar-refractivity contribution < 1.29 is 17.9 Å². The molecule has 0 bridgehead atoms. The van der Waals surface area contributed by atoms with E-state index >= 15 is 0 Å². The number of hydrogen-bond acceptors (Lipinski definition) is 4. The van der Waals surface area contributed by atoms with E-state index < -0.39 is 15.6 Å². The zero-order chi connectivity index (χ0) is 17.8. The van der Waals surface area contributed by atoms with E-state index in [1.54, 1.807) is 23.1 Å². The molecule has 3 rings (SSSR count). The van der Waals surface area contributed by atoms with Crippen LogP contribution in [0, 0.1) is 5.41 Å². The number of hydrogen-bond donors (Lipinski definition) is 0. The second kappa shape index (κ2) is 5.61. The number of amides is 1. The summed E-state index contributed by atoms with van der Waals surface area (Å²) in [4.78, 5) is 13.8. The molecule has 0 saturated carbocycles. The summed E-state index contributed by atoms with van der Waals surface area (Å²) in [5.74, 6) is 0. The molecule has 8 heteroatoms. The average Bonchev–Trinajstić information content (AvgIpc) is 2.32. The summed E-state index contributed by atoms with van der Waals surface area (Å²) < 4.78 is 31.9. The summed E-state index contributed by atoms with van der Waals surface area (Å²) in [6.45, 7) is 7.37. The second-order valence-corrected chi connectivity index (χ2v) is 9.94. The van der Waals surface area contributed by atoms with E-state index in [0.717, 1.165) is 0 Å². The number of sulfonamides is 1. The highest BCUT2D eigenvalue weighted by atomic mass is 35.5. The Hall–Kier alpha value is -1.31. The maximum Gasteiger partial charge on any atom is 0.410 e. The predicted molar refractivity (Wildman–Crippen MR) is 90.5 cm³/mol. The van der Waals surface area contributed by atoms with E-state index in [-0.39, 0.29) is 16.4 Å². The monoisotopic (exact) mass is 372 g/mol. The van der Waals surface area contributed by atoms with E-state index in [0.29, 0.717) is 31.2 Å². The van der Waals surface area contributed by atoms with E-state index in [1.165, 1.54) is 10.4 Å². The van der Waals surface area contributed by atoms with Crippen LogP contribution in [0.15, 0.2) is 29.2 Å². The van der Waals surface area contributed by atoms with Crippen LogP contribution in [0.2, 0.25) is 5.02 Å². The number of rotatable bonds is 2. The summed E-state index contributed by atoms with van der Waals surface area (Å²) in [5.41, 5.74) is -0.663. The van der Waals surface area contributed by atoms with Crippen molar-refractivity contribution in [3.8, 4) is 0 Å². The number of nitrogens with zero attached hydrogens (tertiary/aromatic N) is 2. The molecule has 2 heterocycles. The van der Waals surface area contributed by atoms with Gasteiger partial charge in [0, 0.05) is 36.6 Å². The molecule has 1 aromatic rings. The lowest BCUT2D eigenvalue weighted by atomic mass is 9.75. The van der Waals surface area contributed by atoms with E-state index in [2.05, 4.69) is 0 Å². The largest absolute Gasteiger partial charge is 0.444 e. The Morgan fingerprint density at radius 1 is 1.21 bits per heavy atom. The standard InChI is InChI=1S/C16H21ClN2O4S/c1-15(2,3)23-14(20)18-8-16(9-18)10-19(11-16)24(21,22)13-6-4-5-12(17)7-13/h4-7H,8-11H2,1-3H3. The van der Waals surface area contributed by atoms with E-state index in [1.807, 2.05) is 20.8 Å². The highest BCUT2D eigenvalue weighted by Gasteiger charge is 2.57. The fourth-order valence-electron chi connectivity index (χ4n) is 3.07. The van der Waals surface area contributed by atoms with Crippen LogP contribution in [0.1, 0.15) is 20.8 Å². The molecular weight excluding hydrogens is 352 g/mol. The molecule has 0 aromatic heterocycles. The molecule has 2 aliphatic rings. The maximum absolute atomic E-state index is 12.6. The minimum absolute atomic E-state index is 0.136. The fraction of sp³-hybridized carbons (Fsp3) is 0.562. The zero-order valence-electron chi connectivity index (χ0n) is 14.0. The number of carbonyl (C=O) groups is 1. The molecule has 2 saturated heterocycles. The highest BCUT2D eigenvalue weighted by molar-refractivity contribution is 7.89. The van der Waals surface area contributed by atoms with Gasteiger partial charge < -0.3 is 9.64 Å². The number of carbonyl (C=O) groups excluding carboxylic acids is 1. The molecule has 0 atom stereocenters. The Balaban J connectivity index is 1.58. The normalized spacial score (nSPS) is 20.4. The first kappa shape index (κ1) is 17.5. The van der Waals surface area contributed by atoms with Crippen LogP contribution < -0.4 is 0 Å². The molecule has 1 amide bonds. The molecule has 0 unspecified atom stereocenters. The van der Waals surface area contributed by atoms with Gasteiger partial charge in [0.05, 0.1) is 4.90 Å². The average molecular weight is 373 g/mol. The molecule has 2 fully saturated rings. The van der Waals surface area contributed by atoms with Crippen molar-refractivity contribution in [2.45, 2.75) is 31.3 Å². The molecular formula is C16H21ClN2O4S. The van der Waals surface area contributed by atoms with Gasteiger partial charge in [-0.1, -0.05) is 17.7 Å². The minimum atomic E-state index is -3.52. The summed E-state index contributed by atoms with van der Waals surface area (Å²) in [7, 11) is -3.52. The Kier molecular flexibility index (Phi) is 4.09. The lowest BCUT2D eigenvalue weighted by Crippen LogP contribution is -2.73. The van der Waals surface area contributed by atoms with Crippen LogP contribution in [-0.2, 0) is 14.8 Å². The third-order valence-corrected chi connectivity index (χ3v) is 6.18. The number of benzene rings is 1. The van der Waals surface area contributed by atoms with Crippen LogP contribution in [0.4, 0.5) is 4.79 Å². The molecule has 2 aliphatic heterocycles. The van der Waals surface area contributed by atoms with Crippen LogP contribution in [0.3, 0.4) is 0 Å². The third-order valence-electron chi connectivity index (χ3n) is 4.16. The molecule has 0 aliphatic carbocycles. The topological polar surface area (TPSA) is 66.9 Å². The maximum atomic E-state index is 12.6. The summed E-state index contributed by atoms with van der Waals surface area (Å²) >= 11 is 5.88. The lowest BCUT2D eigenvalue weighted by Gasteiger charge is -2.58.